The van der Waals surface area contributed by atoms with Crippen molar-refractivity contribution in [3.63, 3.8) is 0 Å². The molecule has 104 valence electrons. The third-order valence-electron chi connectivity index (χ3n) is 2.90. The Bertz CT molecular complexity index is 648. The number of benzene rings is 1. The first-order valence-electron chi connectivity index (χ1n) is 5.88. The molecule has 20 heavy (non-hydrogen) atoms. The van der Waals surface area contributed by atoms with Crippen molar-refractivity contribution in [2.45, 2.75) is 6.54 Å². The molecule has 0 saturated carbocycles. The van der Waals surface area contributed by atoms with Crippen LogP contribution in [0.3, 0.4) is 0 Å². The van der Waals surface area contributed by atoms with E-state index in [4.69, 9.17) is 17.3 Å². The quantitative estimate of drug-likeness (QED) is 0.942. The largest absolute Gasteiger partial charge is 0.369 e. The first-order valence-corrected chi connectivity index (χ1v) is 6.25. The smallest absolute Gasteiger partial charge is 0.252 e. The number of rotatable bonds is 4. The summed E-state index contributed by atoms with van der Waals surface area (Å²) in [4.78, 5) is 17.1. The molecule has 0 saturated heterocycles. The molecule has 2 N–H and O–H groups in total. The highest BCUT2D eigenvalue weighted by molar-refractivity contribution is 6.31. The lowest BCUT2D eigenvalue weighted by molar-refractivity contribution is 0.100. The molecule has 0 aliphatic rings. The van der Waals surface area contributed by atoms with Gasteiger partial charge < -0.3 is 10.6 Å². The van der Waals surface area contributed by atoms with E-state index in [1.807, 2.05) is 0 Å². The van der Waals surface area contributed by atoms with E-state index >= 15 is 0 Å². The average Bonchev–Trinajstić information content (AvgIpc) is 2.41. The van der Waals surface area contributed by atoms with Crippen LogP contribution in [0.1, 0.15) is 15.9 Å². The number of hydrogen-bond donors (Lipinski definition) is 1. The number of carbonyl (C=O) groups is 1. The number of hydrogen-bond acceptors (Lipinski definition) is 3. The highest BCUT2D eigenvalue weighted by atomic mass is 35.5. The molecule has 1 aromatic carbocycles. The van der Waals surface area contributed by atoms with Gasteiger partial charge in [0, 0.05) is 31.0 Å². The average molecular weight is 294 g/mol. The second-order valence-corrected chi connectivity index (χ2v) is 4.76. The van der Waals surface area contributed by atoms with Crippen molar-refractivity contribution in [1.29, 1.82) is 0 Å². The van der Waals surface area contributed by atoms with Crippen LogP contribution >= 0.6 is 11.6 Å². The van der Waals surface area contributed by atoms with Crippen molar-refractivity contribution < 1.29 is 9.18 Å². The minimum atomic E-state index is -0.551. The van der Waals surface area contributed by atoms with E-state index in [0.29, 0.717) is 22.8 Å². The normalized spacial score (nSPS) is 10.3. The van der Waals surface area contributed by atoms with Crippen LogP contribution < -0.4 is 10.6 Å². The van der Waals surface area contributed by atoms with Gasteiger partial charge in [-0.2, -0.15) is 0 Å². The maximum atomic E-state index is 13.0. The Kier molecular flexibility index (Phi) is 4.20. The molecule has 0 unspecified atom stereocenters. The molecule has 0 spiro atoms. The lowest BCUT2D eigenvalue weighted by atomic mass is 10.1. The monoisotopic (exact) mass is 293 g/mol. The van der Waals surface area contributed by atoms with Gasteiger partial charge in [0.25, 0.3) is 5.91 Å². The Balaban J connectivity index is 2.28. The van der Waals surface area contributed by atoms with Gasteiger partial charge in [-0.15, -0.1) is 0 Å². The Morgan fingerprint density at radius 2 is 2.20 bits per heavy atom. The third kappa shape index (κ3) is 3.05. The maximum absolute atomic E-state index is 13.0. The summed E-state index contributed by atoms with van der Waals surface area (Å²) < 4.78 is 13.0. The molecule has 1 amide bonds. The van der Waals surface area contributed by atoms with Crippen molar-refractivity contribution in [2.24, 2.45) is 5.73 Å². The van der Waals surface area contributed by atoms with Crippen molar-refractivity contribution in [3.05, 3.63) is 58.6 Å². The predicted molar refractivity (Wildman–Crippen MR) is 76.3 cm³/mol. The third-order valence-corrected chi connectivity index (χ3v) is 3.25. The van der Waals surface area contributed by atoms with Crippen molar-refractivity contribution in [1.82, 2.24) is 4.98 Å². The molecule has 6 heteroatoms. The van der Waals surface area contributed by atoms with Gasteiger partial charge in [-0.05, 0) is 23.8 Å². The second-order valence-electron chi connectivity index (χ2n) is 4.35. The standard InChI is InChI=1S/C14H13ClFN3O/c1-19(8-9-2-3-10(16)6-12(9)15)13-4-5-18-7-11(13)14(17)20/h2-7H,8H2,1H3,(H2,17,20). The SMILES string of the molecule is CN(Cc1ccc(F)cc1Cl)c1ccncc1C(N)=O. The zero-order valence-corrected chi connectivity index (χ0v) is 11.6. The number of primary amides is 1. The summed E-state index contributed by atoms with van der Waals surface area (Å²) in [6.45, 7) is 0.420. The van der Waals surface area contributed by atoms with Gasteiger partial charge in [0.15, 0.2) is 0 Å². The summed E-state index contributed by atoms with van der Waals surface area (Å²) >= 11 is 5.99. The van der Waals surface area contributed by atoms with E-state index in [0.717, 1.165) is 5.56 Å². The van der Waals surface area contributed by atoms with Gasteiger partial charge in [-0.25, -0.2) is 4.39 Å². The fourth-order valence-electron chi connectivity index (χ4n) is 1.90. The van der Waals surface area contributed by atoms with Crippen molar-refractivity contribution in [3.8, 4) is 0 Å². The van der Waals surface area contributed by atoms with E-state index in [2.05, 4.69) is 4.98 Å². The van der Waals surface area contributed by atoms with Crippen LogP contribution in [-0.4, -0.2) is 17.9 Å². The number of anilines is 1. The molecule has 1 aromatic heterocycles. The van der Waals surface area contributed by atoms with Gasteiger partial charge in [0.1, 0.15) is 5.82 Å². The number of halogens is 2. The molecule has 0 aliphatic heterocycles. The molecular weight excluding hydrogens is 281 g/mol. The van der Waals surface area contributed by atoms with Crippen molar-refractivity contribution >= 4 is 23.2 Å². The van der Waals surface area contributed by atoms with E-state index in [9.17, 15) is 9.18 Å². The zero-order valence-electron chi connectivity index (χ0n) is 10.8. The summed E-state index contributed by atoms with van der Waals surface area (Å²) in [5.74, 6) is -0.937. The van der Waals surface area contributed by atoms with Gasteiger partial charge in [0.05, 0.1) is 11.3 Å². The van der Waals surface area contributed by atoms with Crippen LogP contribution in [-0.2, 0) is 6.54 Å². The predicted octanol–water partition coefficient (Wildman–Crippen LogP) is 2.61. The Morgan fingerprint density at radius 3 is 2.85 bits per heavy atom. The molecular formula is C14H13ClFN3O. The van der Waals surface area contributed by atoms with Crippen LogP contribution in [0, 0.1) is 5.82 Å². The molecule has 2 aromatic rings. The van der Waals surface area contributed by atoms with Crippen LogP contribution in [0.2, 0.25) is 5.02 Å². The summed E-state index contributed by atoms with van der Waals surface area (Å²) in [7, 11) is 1.79. The minimum Gasteiger partial charge on any atom is -0.369 e. The van der Waals surface area contributed by atoms with Crippen LogP contribution in [0.25, 0.3) is 0 Å². The van der Waals surface area contributed by atoms with Gasteiger partial charge in [-0.1, -0.05) is 17.7 Å². The molecule has 0 radical (unpaired) electrons. The molecule has 0 bridgehead atoms. The van der Waals surface area contributed by atoms with Gasteiger partial charge >= 0.3 is 0 Å². The Labute approximate surface area is 121 Å². The number of nitrogens with two attached hydrogens (primary N) is 1. The highest BCUT2D eigenvalue weighted by Gasteiger charge is 2.13. The topological polar surface area (TPSA) is 59.2 Å². The molecule has 1 heterocycles. The molecule has 0 fully saturated rings. The summed E-state index contributed by atoms with van der Waals surface area (Å²) in [6.07, 6.45) is 2.99. The lowest BCUT2D eigenvalue weighted by Gasteiger charge is -2.21. The first-order chi connectivity index (χ1) is 9.49. The number of aromatic nitrogens is 1. The summed E-state index contributed by atoms with van der Waals surface area (Å²) in [6, 6.07) is 5.90. The van der Waals surface area contributed by atoms with E-state index < -0.39 is 5.91 Å². The zero-order chi connectivity index (χ0) is 14.7. The Morgan fingerprint density at radius 1 is 1.45 bits per heavy atom. The van der Waals surface area contributed by atoms with Crippen LogP contribution in [0.15, 0.2) is 36.7 Å². The Hall–Kier alpha value is -2.14. The molecule has 0 atom stereocenters. The highest BCUT2D eigenvalue weighted by Crippen LogP contribution is 2.23. The molecule has 0 aliphatic carbocycles. The van der Waals surface area contributed by atoms with Crippen molar-refractivity contribution in [2.75, 3.05) is 11.9 Å². The number of nitrogens with zero attached hydrogens (tertiary/aromatic N) is 2. The first kappa shape index (κ1) is 14.3. The van der Waals surface area contributed by atoms with E-state index in [-0.39, 0.29) is 5.82 Å². The lowest BCUT2D eigenvalue weighted by Crippen LogP contribution is -2.22. The minimum absolute atomic E-state index is 0.327. The van der Waals surface area contributed by atoms with E-state index in [1.165, 1.54) is 18.3 Å². The number of pyridine rings is 1. The number of carbonyl (C=O) groups excluding carboxylic acids is 1. The van der Waals surface area contributed by atoms with Gasteiger partial charge in [0.2, 0.25) is 0 Å². The fraction of sp³-hybridized carbons (Fsp3) is 0.143. The molecule has 4 nitrogen and oxygen atoms in total. The summed E-state index contributed by atoms with van der Waals surface area (Å²) in [5, 5.41) is 0.339. The summed E-state index contributed by atoms with van der Waals surface area (Å²) in [5.41, 5.74) is 7.04. The van der Waals surface area contributed by atoms with Crippen LogP contribution in [0.4, 0.5) is 10.1 Å². The van der Waals surface area contributed by atoms with E-state index in [1.54, 1.807) is 30.3 Å². The van der Waals surface area contributed by atoms with Gasteiger partial charge in [-0.3, -0.25) is 9.78 Å². The number of amides is 1. The second kappa shape index (κ2) is 5.88. The molecule has 2 rings (SSSR count). The maximum Gasteiger partial charge on any atom is 0.252 e. The fourth-order valence-corrected chi connectivity index (χ4v) is 2.13. The van der Waals surface area contributed by atoms with Crippen LogP contribution in [0.5, 0.6) is 0 Å².